The van der Waals surface area contributed by atoms with Gasteiger partial charge >= 0.3 is 6.09 Å². The Balaban J connectivity index is 1.93. The van der Waals surface area contributed by atoms with E-state index in [1.807, 2.05) is 25.1 Å². The fraction of sp³-hybridized carbons (Fsp3) is 0.278. The quantitative estimate of drug-likeness (QED) is 0.810. The van der Waals surface area contributed by atoms with Gasteiger partial charge in [-0.15, -0.1) is 17.9 Å². The molecule has 26 heavy (non-hydrogen) atoms. The number of aromatic nitrogens is 1. The van der Waals surface area contributed by atoms with E-state index in [0.717, 1.165) is 16.1 Å². The smallest absolute Gasteiger partial charge is 0.413 e. The molecule has 1 aliphatic heterocycles. The van der Waals surface area contributed by atoms with E-state index in [4.69, 9.17) is 9.47 Å². The van der Waals surface area contributed by atoms with E-state index in [2.05, 4.69) is 16.9 Å². The van der Waals surface area contributed by atoms with Gasteiger partial charge in [-0.25, -0.2) is 9.78 Å². The minimum Gasteiger partial charge on any atom is -0.482 e. The number of carbonyl (C=O) groups is 2. The molecule has 0 fully saturated rings. The number of anilines is 2. The fourth-order valence-corrected chi connectivity index (χ4v) is 3.47. The van der Waals surface area contributed by atoms with Crippen LogP contribution in [-0.2, 0) is 9.53 Å². The lowest BCUT2D eigenvalue weighted by Gasteiger charge is -2.28. The fourth-order valence-electron chi connectivity index (χ4n) is 2.65. The van der Waals surface area contributed by atoms with Gasteiger partial charge in [0.1, 0.15) is 5.75 Å². The molecule has 0 radical (unpaired) electrons. The first-order chi connectivity index (χ1) is 12.5. The second-order valence-corrected chi connectivity index (χ2v) is 6.74. The summed E-state index contributed by atoms with van der Waals surface area (Å²) in [5, 5.41) is 3.08. The van der Waals surface area contributed by atoms with Crippen LogP contribution in [0.2, 0.25) is 0 Å². The summed E-state index contributed by atoms with van der Waals surface area (Å²) >= 11 is 1.36. The van der Waals surface area contributed by atoms with Gasteiger partial charge < -0.3 is 14.4 Å². The number of nitrogens with zero attached hydrogens (tertiary/aromatic N) is 2. The summed E-state index contributed by atoms with van der Waals surface area (Å²) in [6.45, 7) is 8.08. The molecule has 7 nitrogen and oxygen atoms in total. The maximum Gasteiger partial charge on any atom is 0.413 e. The van der Waals surface area contributed by atoms with Gasteiger partial charge in [-0.3, -0.25) is 10.1 Å². The first-order valence-corrected chi connectivity index (χ1v) is 8.94. The van der Waals surface area contributed by atoms with Gasteiger partial charge in [0.15, 0.2) is 11.7 Å². The molecule has 0 aliphatic carbocycles. The van der Waals surface area contributed by atoms with Crippen molar-refractivity contribution in [3.63, 3.8) is 0 Å². The Bertz CT molecular complexity index is 862. The van der Waals surface area contributed by atoms with Gasteiger partial charge in [0.2, 0.25) is 0 Å². The van der Waals surface area contributed by atoms with Crippen molar-refractivity contribution in [2.75, 3.05) is 30.0 Å². The lowest BCUT2D eigenvalue weighted by atomic mass is 10.1. The Kier molecular flexibility index (Phi) is 5.22. The molecule has 2 amide bonds. The van der Waals surface area contributed by atoms with Crippen molar-refractivity contribution in [3.8, 4) is 17.0 Å². The van der Waals surface area contributed by atoms with Crippen LogP contribution >= 0.6 is 11.3 Å². The molecular weight excluding hydrogens is 354 g/mol. The predicted octanol–water partition coefficient (Wildman–Crippen LogP) is 3.60. The lowest BCUT2D eigenvalue weighted by Crippen LogP contribution is -2.38. The van der Waals surface area contributed by atoms with Crippen molar-refractivity contribution in [1.29, 1.82) is 0 Å². The Hall–Kier alpha value is -2.87. The second-order valence-electron chi connectivity index (χ2n) is 5.53. The van der Waals surface area contributed by atoms with E-state index in [9.17, 15) is 9.59 Å². The van der Waals surface area contributed by atoms with Gasteiger partial charge in [-0.2, -0.15) is 0 Å². The molecule has 0 spiro atoms. The number of thiazole rings is 1. The molecule has 136 valence electrons. The maximum absolute atomic E-state index is 12.1. The molecule has 2 aromatic rings. The molecule has 1 aromatic heterocycles. The third-order valence-electron chi connectivity index (χ3n) is 3.77. The third kappa shape index (κ3) is 3.55. The van der Waals surface area contributed by atoms with Crippen LogP contribution in [0.15, 0.2) is 30.9 Å². The normalized spacial score (nSPS) is 13.0. The van der Waals surface area contributed by atoms with Gasteiger partial charge in [-0.1, -0.05) is 6.08 Å². The largest absolute Gasteiger partial charge is 0.482 e. The molecule has 8 heteroatoms. The average molecular weight is 373 g/mol. The Labute approximate surface area is 155 Å². The molecular formula is C18H19N3O4S. The number of ether oxygens (including phenoxy) is 2. The first kappa shape index (κ1) is 17.9. The average Bonchev–Trinajstić information content (AvgIpc) is 2.97. The third-order valence-corrected chi connectivity index (χ3v) is 4.65. The minimum absolute atomic E-state index is 0.0174. The predicted molar refractivity (Wildman–Crippen MR) is 101 cm³/mol. The van der Waals surface area contributed by atoms with Crippen LogP contribution in [0.1, 0.15) is 11.8 Å². The molecule has 3 rings (SSSR count). The maximum atomic E-state index is 12.1. The Morgan fingerprint density at radius 2 is 2.35 bits per heavy atom. The number of hydrogen-bond donors (Lipinski definition) is 1. The zero-order valence-corrected chi connectivity index (χ0v) is 15.4. The zero-order chi connectivity index (χ0) is 18.7. The van der Waals surface area contributed by atoms with Crippen LogP contribution in [0.3, 0.4) is 0 Å². The van der Waals surface area contributed by atoms with Crippen molar-refractivity contribution < 1.29 is 19.1 Å². The molecule has 0 bridgehead atoms. The molecule has 1 N–H and O–H groups in total. The highest BCUT2D eigenvalue weighted by Crippen LogP contribution is 2.38. The molecule has 0 saturated heterocycles. The highest BCUT2D eigenvalue weighted by molar-refractivity contribution is 7.16. The summed E-state index contributed by atoms with van der Waals surface area (Å²) in [5.74, 6) is 0.530. The number of aryl methyl sites for hydroxylation is 1. The summed E-state index contributed by atoms with van der Waals surface area (Å²) in [5.41, 5.74) is 2.26. The molecule has 0 unspecified atom stereocenters. The molecule has 1 aliphatic rings. The van der Waals surface area contributed by atoms with Gasteiger partial charge in [0.25, 0.3) is 5.91 Å². The van der Waals surface area contributed by atoms with E-state index < -0.39 is 6.09 Å². The van der Waals surface area contributed by atoms with Crippen molar-refractivity contribution in [1.82, 2.24) is 4.98 Å². The van der Waals surface area contributed by atoms with Crippen LogP contribution in [-0.4, -0.2) is 36.7 Å². The summed E-state index contributed by atoms with van der Waals surface area (Å²) < 4.78 is 10.4. The summed E-state index contributed by atoms with van der Waals surface area (Å²) in [7, 11) is 0. The number of hydrogen-bond acceptors (Lipinski definition) is 6. The number of carbonyl (C=O) groups excluding carboxylic acids is 2. The van der Waals surface area contributed by atoms with Crippen LogP contribution in [0, 0.1) is 6.92 Å². The van der Waals surface area contributed by atoms with Crippen molar-refractivity contribution in [3.05, 3.63) is 35.7 Å². The highest BCUT2D eigenvalue weighted by Gasteiger charge is 2.25. The number of nitrogens with one attached hydrogen (secondary N) is 1. The van der Waals surface area contributed by atoms with Crippen LogP contribution in [0.5, 0.6) is 5.75 Å². The highest BCUT2D eigenvalue weighted by atomic mass is 32.1. The second kappa shape index (κ2) is 7.57. The number of amides is 2. The van der Waals surface area contributed by atoms with E-state index >= 15 is 0 Å². The zero-order valence-electron chi connectivity index (χ0n) is 14.6. The number of rotatable bonds is 5. The first-order valence-electron chi connectivity index (χ1n) is 8.13. The Morgan fingerprint density at radius 1 is 1.54 bits per heavy atom. The molecule has 0 atom stereocenters. The topological polar surface area (TPSA) is 80.8 Å². The number of benzene rings is 1. The van der Waals surface area contributed by atoms with E-state index in [0.29, 0.717) is 29.7 Å². The molecule has 0 saturated carbocycles. The monoisotopic (exact) mass is 373 g/mol. The van der Waals surface area contributed by atoms with E-state index in [-0.39, 0.29) is 12.5 Å². The van der Waals surface area contributed by atoms with E-state index in [1.165, 1.54) is 11.3 Å². The molecule has 1 aromatic carbocycles. The Morgan fingerprint density at radius 3 is 3.08 bits per heavy atom. The lowest BCUT2D eigenvalue weighted by molar-refractivity contribution is -0.121. The summed E-state index contributed by atoms with van der Waals surface area (Å²) in [6, 6.07) is 5.58. The summed E-state index contributed by atoms with van der Waals surface area (Å²) in [6.07, 6.45) is 1.14. The number of fused-ring (bicyclic) bond motifs is 1. The van der Waals surface area contributed by atoms with Crippen molar-refractivity contribution >= 4 is 34.2 Å². The van der Waals surface area contributed by atoms with Gasteiger partial charge in [0, 0.05) is 17.0 Å². The van der Waals surface area contributed by atoms with Crippen LogP contribution in [0.25, 0.3) is 11.3 Å². The van der Waals surface area contributed by atoms with Crippen LogP contribution < -0.4 is 15.0 Å². The van der Waals surface area contributed by atoms with Crippen molar-refractivity contribution in [2.24, 2.45) is 0 Å². The van der Waals surface area contributed by atoms with Crippen LogP contribution in [0.4, 0.5) is 15.6 Å². The summed E-state index contributed by atoms with van der Waals surface area (Å²) in [4.78, 5) is 30.8. The van der Waals surface area contributed by atoms with Crippen molar-refractivity contribution in [2.45, 2.75) is 13.8 Å². The minimum atomic E-state index is -0.533. The molecule has 2 heterocycles. The van der Waals surface area contributed by atoms with Gasteiger partial charge in [-0.05, 0) is 32.0 Å². The van der Waals surface area contributed by atoms with E-state index in [1.54, 1.807) is 17.9 Å². The SMILES string of the molecule is C=CCN1C(=O)COc2ccc(-c3nc(NC(=O)OCC)sc3C)cc21. The standard InChI is InChI=1S/C18H19N3O4S/c1-4-8-21-13-9-12(6-7-14(13)25-10-15(21)22)16-11(3)26-17(19-16)20-18(23)24-5-2/h4,6-7,9H,1,5,8,10H2,2-3H3,(H,19,20,23). The van der Waals surface area contributed by atoms with Gasteiger partial charge in [0.05, 0.1) is 18.0 Å².